The van der Waals surface area contributed by atoms with E-state index in [1.165, 1.54) is 11.8 Å². The Morgan fingerprint density at radius 1 is 1.09 bits per heavy atom. The third-order valence-corrected chi connectivity index (χ3v) is 4.51. The van der Waals surface area contributed by atoms with Crippen LogP contribution in [-0.2, 0) is 14.3 Å². The van der Waals surface area contributed by atoms with Gasteiger partial charge in [0.05, 0.1) is 6.61 Å². The third kappa shape index (κ3) is 8.49. The molecule has 0 aliphatic rings. The van der Waals surface area contributed by atoms with Crippen LogP contribution in [0.2, 0.25) is 0 Å². The highest BCUT2D eigenvalue weighted by Gasteiger charge is 2.36. The second-order valence-electron chi connectivity index (χ2n) is 10.1. The van der Waals surface area contributed by atoms with Crippen molar-refractivity contribution in [1.29, 1.82) is 0 Å². The molecule has 0 fully saturated rings. The molecule has 32 heavy (non-hydrogen) atoms. The van der Waals surface area contributed by atoms with Crippen molar-refractivity contribution in [3.8, 4) is 0 Å². The first-order valence-corrected chi connectivity index (χ1v) is 10.9. The van der Waals surface area contributed by atoms with E-state index in [1.807, 2.05) is 52.8 Å². The number of benzene rings is 1. The fraction of sp³-hybridized carbons (Fsp3) is 0.625. The fourth-order valence-electron chi connectivity index (χ4n) is 3.29. The maximum absolute atomic E-state index is 13.4. The summed E-state index contributed by atoms with van der Waals surface area (Å²) in [5, 5.41) is 15.2. The summed E-state index contributed by atoms with van der Waals surface area (Å²) in [5.41, 5.74) is 1.29. The van der Waals surface area contributed by atoms with Crippen LogP contribution < -0.4 is 10.6 Å². The van der Waals surface area contributed by atoms with Gasteiger partial charge in [-0.3, -0.25) is 9.59 Å². The lowest BCUT2D eigenvalue weighted by Gasteiger charge is -2.35. The van der Waals surface area contributed by atoms with Crippen molar-refractivity contribution in [3.63, 3.8) is 0 Å². The monoisotopic (exact) mass is 449 g/mol. The summed E-state index contributed by atoms with van der Waals surface area (Å²) in [7, 11) is 0. The molecule has 0 aromatic heterocycles. The van der Waals surface area contributed by atoms with Gasteiger partial charge in [-0.2, -0.15) is 0 Å². The van der Waals surface area contributed by atoms with E-state index >= 15 is 0 Å². The number of carbonyl (C=O) groups excluding carboxylic acids is 3. The van der Waals surface area contributed by atoms with E-state index in [9.17, 15) is 19.5 Å². The van der Waals surface area contributed by atoms with Crippen LogP contribution >= 0.6 is 0 Å². The second-order valence-corrected chi connectivity index (χ2v) is 10.1. The van der Waals surface area contributed by atoms with E-state index in [-0.39, 0.29) is 19.1 Å². The molecule has 0 aliphatic carbocycles. The lowest BCUT2D eigenvalue weighted by atomic mass is 9.95. The first-order chi connectivity index (χ1) is 14.6. The van der Waals surface area contributed by atoms with Crippen LogP contribution in [0, 0.1) is 13.8 Å². The van der Waals surface area contributed by atoms with Crippen LogP contribution in [0.3, 0.4) is 0 Å². The van der Waals surface area contributed by atoms with E-state index in [0.29, 0.717) is 5.56 Å². The Labute approximate surface area is 191 Å². The van der Waals surface area contributed by atoms with Crippen LogP contribution in [0.1, 0.15) is 71.2 Å². The van der Waals surface area contributed by atoms with Crippen molar-refractivity contribution >= 4 is 17.9 Å². The van der Waals surface area contributed by atoms with Crippen molar-refractivity contribution in [3.05, 3.63) is 34.9 Å². The zero-order valence-electron chi connectivity index (χ0n) is 20.8. The number of ether oxygens (including phenoxy) is 1. The van der Waals surface area contributed by atoms with Gasteiger partial charge >= 0.3 is 6.09 Å². The zero-order chi connectivity index (χ0) is 24.9. The molecule has 3 amide bonds. The summed E-state index contributed by atoms with van der Waals surface area (Å²) in [4.78, 5) is 40.2. The first-order valence-electron chi connectivity index (χ1n) is 10.9. The largest absolute Gasteiger partial charge is 0.444 e. The van der Waals surface area contributed by atoms with Crippen molar-refractivity contribution in [2.24, 2.45) is 0 Å². The number of aryl methyl sites for hydroxylation is 2. The number of carbonyl (C=O) groups is 3. The van der Waals surface area contributed by atoms with E-state index in [0.717, 1.165) is 11.1 Å². The zero-order valence-corrected chi connectivity index (χ0v) is 20.8. The summed E-state index contributed by atoms with van der Waals surface area (Å²) in [6, 6.07) is 3.70. The van der Waals surface area contributed by atoms with E-state index in [4.69, 9.17) is 4.74 Å². The number of nitrogens with zero attached hydrogens (tertiary/aromatic N) is 1. The highest BCUT2D eigenvalue weighted by Crippen LogP contribution is 2.27. The van der Waals surface area contributed by atoms with Gasteiger partial charge < -0.3 is 25.4 Å². The second kappa shape index (κ2) is 10.8. The van der Waals surface area contributed by atoms with E-state index in [2.05, 4.69) is 10.6 Å². The van der Waals surface area contributed by atoms with Gasteiger partial charge in [0.25, 0.3) is 0 Å². The van der Waals surface area contributed by atoms with Gasteiger partial charge in [0, 0.05) is 12.1 Å². The molecular formula is C24H39N3O5. The van der Waals surface area contributed by atoms with Gasteiger partial charge in [0.15, 0.2) is 0 Å². The SMILES string of the molecule is Cc1ccc(C(C(=O)NC(C)(C)C)N(CCO)C(=O)C(C)NC(=O)OC(C)(C)C)c(C)c1. The summed E-state index contributed by atoms with van der Waals surface area (Å²) < 4.78 is 5.24. The fourth-order valence-corrected chi connectivity index (χ4v) is 3.29. The number of amides is 3. The maximum atomic E-state index is 13.4. The molecule has 8 nitrogen and oxygen atoms in total. The molecule has 1 aromatic rings. The summed E-state index contributed by atoms with van der Waals surface area (Å²) >= 11 is 0. The Hall–Kier alpha value is -2.61. The molecular weight excluding hydrogens is 410 g/mol. The van der Waals surface area contributed by atoms with Gasteiger partial charge in [-0.25, -0.2) is 4.79 Å². The molecule has 0 aliphatic heterocycles. The Morgan fingerprint density at radius 2 is 1.69 bits per heavy atom. The van der Waals surface area contributed by atoms with Crippen LogP contribution in [0.5, 0.6) is 0 Å². The molecule has 1 rings (SSSR count). The van der Waals surface area contributed by atoms with Crippen LogP contribution in [0.25, 0.3) is 0 Å². The first kappa shape index (κ1) is 27.4. The van der Waals surface area contributed by atoms with E-state index < -0.39 is 35.2 Å². The highest BCUT2D eigenvalue weighted by molar-refractivity contribution is 5.92. The minimum Gasteiger partial charge on any atom is -0.444 e. The summed E-state index contributed by atoms with van der Waals surface area (Å²) in [6.07, 6.45) is -0.732. The number of rotatable bonds is 7. The molecule has 0 heterocycles. The number of hydrogen-bond donors (Lipinski definition) is 3. The van der Waals surface area contributed by atoms with Crippen LogP contribution in [0.15, 0.2) is 18.2 Å². The lowest BCUT2D eigenvalue weighted by Crippen LogP contribution is -2.54. The van der Waals surface area contributed by atoms with Gasteiger partial charge in [0.2, 0.25) is 11.8 Å². The number of alkyl carbamates (subject to hydrolysis) is 1. The topological polar surface area (TPSA) is 108 Å². The van der Waals surface area contributed by atoms with Crippen molar-refractivity contribution in [2.45, 2.75) is 85.5 Å². The molecule has 2 unspecified atom stereocenters. The molecule has 8 heteroatoms. The lowest BCUT2D eigenvalue weighted by molar-refractivity contribution is -0.143. The molecule has 3 N–H and O–H groups in total. The minimum absolute atomic E-state index is 0.0747. The number of aliphatic hydroxyl groups is 1. The van der Waals surface area contributed by atoms with Gasteiger partial charge in [0.1, 0.15) is 17.7 Å². The summed E-state index contributed by atoms with van der Waals surface area (Å²) in [6.45, 7) is 15.7. The van der Waals surface area contributed by atoms with Gasteiger partial charge in [-0.05, 0) is 73.4 Å². The van der Waals surface area contributed by atoms with Gasteiger partial charge in [-0.1, -0.05) is 23.8 Å². The highest BCUT2D eigenvalue weighted by atomic mass is 16.6. The Kier molecular flexibility index (Phi) is 9.26. The number of hydrogen-bond acceptors (Lipinski definition) is 5. The normalized spacial score (nSPS) is 13.7. The Balaban J connectivity index is 3.35. The maximum Gasteiger partial charge on any atom is 0.408 e. The Morgan fingerprint density at radius 3 is 2.16 bits per heavy atom. The predicted octanol–water partition coefficient (Wildman–Crippen LogP) is 2.99. The molecule has 1 aromatic carbocycles. The number of aliphatic hydroxyl groups excluding tert-OH is 1. The predicted molar refractivity (Wildman–Crippen MR) is 124 cm³/mol. The standard InChI is InChI=1S/C24H39N3O5/c1-15-10-11-18(16(2)14-15)19(20(29)26-23(4,5)6)27(12-13-28)21(30)17(3)25-22(31)32-24(7,8)9/h10-11,14,17,19,28H,12-13H2,1-9H3,(H,25,31)(H,26,29). The third-order valence-electron chi connectivity index (χ3n) is 4.51. The molecule has 0 radical (unpaired) electrons. The van der Waals surface area contributed by atoms with E-state index in [1.54, 1.807) is 20.8 Å². The van der Waals surface area contributed by atoms with Crippen molar-refractivity contribution in [1.82, 2.24) is 15.5 Å². The molecule has 0 spiro atoms. The Bertz CT molecular complexity index is 824. The quantitative estimate of drug-likeness (QED) is 0.593. The number of nitrogens with one attached hydrogen (secondary N) is 2. The summed E-state index contributed by atoms with van der Waals surface area (Å²) in [5.74, 6) is -0.866. The van der Waals surface area contributed by atoms with Crippen molar-refractivity contribution < 1.29 is 24.2 Å². The van der Waals surface area contributed by atoms with Crippen molar-refractivity contribution in [2.75, 3.05) is 13.2 Å². The molecule has 0 saturated heterocycles. The molecule has 0 saturated carbocycles. The van der Waals surface area contributed by atoms with Crippen LogP contribution in [-0.4, -0.2) is 58.2 Å². The minimum atomic E-state index is -0.975. The van der Waals surface area contributed by atoms with Crippen LogP contribution in [0.4, 0.5) is 4.79 Å². The molecule has 180 valence electrons. The van der Waals surface area contributed by atoms with Gasteiger partial charge in [-0.15, -0.1) is 0 Å². The average molecular weight is 450 g/mol. The average Bonchev–Trinajstić information content (AvgIpc) is 2.59. The molecule has 2 atom stereocenters. The smallest absolute Gasteiger partial charge is 0.408 e. The molecule has 0 bridgehead atoms.